The summed E-state index contributed by atoms with van der Waals surface area (Å²) in [6.45, 7) is 1.85. The minimum absolute atomic E-state index is 0.193. The SMILES string of the molecule is Cc1ncnc2c1C(=O)CC2. The van der Waals surface area contributed by atoms with Crippen molar-refractivity contribution in [2.24, 2.45) is 0 Å². The van der Waals surface area contributed by atoms with Gasteiger partial charge in [-0.05, 0) is 13.3 Å². The van der Waals surface area contributed by atoms with Crippen LogP contribution in [0, 0.1) is 6.92 Å². The van der Waals surface area contributed by atoms with Gasteiger partial charge >= 0.3 is 0 Å². The Hall–Kier alpha value is -1.25. The maximum atomic E-state index is 11.2. The predicted octanol–water partition coefficient (Wildman–Crippen LogP) is 0.914. The van der Waals surface area contributed by atoms with Crippen molar-refractivity contribution in [3.8, 4) is 0 Å². The van der Waals surface area contributed by atoms with Crippen molar-refractivity contribution >= 4 is 5.78 Å². The third kappa shape index (κ3) is 0.843. The molecular weight excluding hydrogens is 140 g/mol. The molecule has 3 nitrogen and oxygen atoms in total. The minimum Gasteiger partial charge on any atom is -0.294 e. The molecule has 1 heterocycles. The summed E-state index contributed by atoms with van der Waals surface area (Å²) in [5.74, 6) is 0.193. The molecule has 0 fully saturated rings. The van der Waals surface area contributed by atoms with Crippen LogP contribution in [0.3, 0.4) is 0 Å². The predicted molar refractivity (Wildman–Crippen MR) is 39.4 cm³/mol. The Kier molecular flexibility index (Phi) is 1.24. The van der Waals surface area contributed by atoms with Gasteiger partial charge in [-0.15, -0.1) is 0 Å². The highest BCUT2D eigenvalue weighted by atomic mass is 16.1. The van der Waals surface area contributed by atoms with Crippen LogP contribution < -0.4 is 0 Å². The maximum Gasteiger partial charge on any atom is 0.166 e. The van der Waals surface area contributed by atoms with Gasteiger partial charge in [0.2, 0.25) is 0 Å². The number of fused-ring (bicyclic) bond motifs is 1. The lowest BCUT2D eigenvalue weighted by atomic mass is 10.2. The van der Waals surface area contributed by atoms with Crippen LogP contribution >= 0.6 is 0 Å². The first-order chi connectivity index (χ1) is 5.29. The number of Topliss-reactive ketones (excluding diaryl/α,β-unsaturated/α-hetero) is 1. The fourth-order valence-electron chi connectivity index (χ4n) is 1.43. The van der Waals surface area contributed by atoms with Gasteiger partial charge < -0.3 is 0 Å². The molecule has 3 heteroatoms. The highest BCUT2D eigenvalue weighted by Gasteiger charge is 2.22. The maximum absolute atomic E-state index is 11.2. The Morgan fingerprint density at radius 3 is 2.91 bits per heavy atom. The molecule has 0 N–H and O–H groups in total. The molecule has 0 saturated heterocycles. The zero-order valence-electron chi connectivity index (χ0n) is 6.29. The molecule has 0 aromatic carbocycles. The Labute approximate surface area is 64.5 Å². The molecule has 0 spiro atoms. The van der Waals surface area contributed by atoms with Crippen molar-refractivity contribution in [3.63, 3.8) is 0 Å². The van der Waals surface area contributed by atoms with E-state index in [1.165, 1.54) is 6.33 Å². The number of hydrogen-bond acceptors (Lipinski definition) is 3. The Bertz CT molecular complexity index is 320. The lowest BCUT2D eigenvalue weighted by molar-refractivity contribution is 0.0993. The second-order valence-electron chi connectivity index (χ2n) is 2.70. The van der Waals surface area contributed by atoms with E-state index in [-0.39, 0.29) is 5.78 Å². The molecule has 0 radical (unpaired) electrons. The van der Waals surface area contributed by atoms with Gasteiger partial charge in [-0.1, -0.05) is 0 Å². The highest BCUT2D eigenvalue weighted by Crippen LogP contribution is 2.20. The number of carbonyl (C=O) groups is 1. The van der Waals surface area contributed by atoms with Crippen LogP contribution in [0.4, 0.5) is 0 Å². The first kappa shape index (κ1) is 6.46. The standard InChI is InChI=1S/C8H8N2O/c1-5-8-6(10-4-9-5)2-3-7(8)11/h4H,2-3H2,1H3. The first-order valence-corrected chi connectivity index (χ1v) is 3.62. The van der Waals surface area contributed by atoms with E-state index in [9.17, 15) is 4.79 Å². The number of nitrogens with zero attached hydrogens (tertiary/aromatic N) is 2. The fraction of sp³-hybridized carbons (Fsp3) is 0.375. The van der Waals surface area contributed by atoms with E-state index in [2.05, 4.69) is 9.97 Å². The molecule has 0 unspecified atom stereocenters. The minimum atomic E-state index is 0.193. The summed E-state index contributed by atoms with van der Waals surface area (Å²) in [6.07, 6.45) is 2.92. The van der Waals surface area contributed by atoms with Crippen LogP contribution in [-0.4, -0.2) is 15.8 Å². The molecule has 0 bridgehead atoms. The first-order valence-electron chi connectivity index (χ1n) is 3.62. The van der Waals surface area contributed by atoms with Gasteiger partial charge in [0.05, 0.1) is 17.0 Å². The molecule has 0 amide bonds. The number of carbonyl (C=O) groups excluding carboxylic acids is 1. The van der Waals surface area contributed by atoms with Crippen molar-refractivity contribution in [3.05, 3.63) is 23.3 Å². The van der Waals surface area contributed by atoms with Crippen LogP contribution in [-0.2, 0) is 6.42 Å². The number of ketones is 1. The van der Waals surface area contributed by atoms with Gasteiger partial charge in [-0.3, -0.25) is 4.79 Å². The van der Waals surface area contributed by atoms with E-state index >= 15 is 0 Å². The third-order valence-electron chi connectivity index (χ3n) is 1.98. The number of rotatable bonds is 0. The van der Waals surface area contributed by atoms with Crippen molar-refractivity contribution in [1.29, 1.82) is 0 Å². The zero-order chi connectivity index (χ0) is 7.84. The smallest absolute Gasteiger partial charge is 0.166 e. The van der Waals surface area contributed by atoms with E-state index < -0.39 is 0 Å². The van der Waals surface area contributed by atoms with Gasteiger partial charge in [-0.2, -0.15) is 0 Å². The van der Waals surface area contributed by atoms with Crippen molar-refractivity contribution < 1.29 is 4.79 Å². The molecule has 1 aliphatic carbocycles. The second kappa shape index (κ2) is 2.12. The Balaban J connectivity index is 2.68. The van der Waals surface area contributed by atoms with Gasteiger partial charge in [0, 0.05) is 6.42 Å². The van der Waals surface area contributed by atoms with Crippen molar-refractivity contribution in [1.82, 2.24) is 9.97 Å². The normalized spacial score (nSPS) is 15.2. The molecule has 0 aliphatic heterocycles. The lowest BCUT2D eigenvalue weighted by Gasteiger charge is -1.97. The van der Waals surface area contributed by atoms with E-state index in [4.69, 9.17) is 0 Å². The molecule has 11 heavy (non-hydrogen) atoms. The molecule has 2 rings (SSSR count). The quantitative estimate of drug-likeness (QED) is 0.549. The highest BCUT2D eigenvalue weighted by molar-refractivity contribution is 6.00. The summed E-state index contributed by atoms with van der Waals surface area (Å²) in [5.41, 5.74) is 2.49. The van der Waals surface area contributed by atoms with Crippen LogP contribution in [0.2, 0.25) is 0 Å². The van der Waals surface area contributed by atoms with Crippen LogP contribution in [0.15, 0.2) is 6.33 Å². The average molecular weight is 148 g/mol. The summed E-state index contributed by atoms with van der Waals surface area (Å²) in [7, 11) is 0. The summed E-state index contributed by atoms with van der Waals surface area (Å²) in [5, 5.41) is 0. The van der Waals surface area contributed by atoms with Gasteiger partial charge in [0.15, 0.2) is 5.78 Å². The van der Waals surface area contributed by atoms with E-state index in [1.807, 2.05) is 6.92 Å². The van der Waals surface area contributed by atoms with Gasteiger partial charge in [0.25, 0.3) is 0 Å². The van der Waals surface area contributed by atoms with Gasteiger partial charge in [-0.25, -0.2) is 9.97 Å². The molecule has 0 atom stereocenters. The van der Waals surface area contributed by atoms with E-state index in [0.29, 0.717) is 6.42 Å². The van der Waals surface area contributed by atoms with Crippen molar-refractivity contribution in [2.75, 3.05) is 0 Å². The topological polar surface area (TPSA) is 42.9 Å². The molecule has 1 aliphatic rings. The molecule has 1 aromatic heterocycles. The number of hydrogen-bond donors (Lipinski definition) is 0. The molecular formula is C8H8N2O. The third-order valence-corrected chi connectivity index (χ3v) is 1.98. The van der Waals surface area contributed by atoms with E-state index in [0.717, 1.165) is 23.4 Å². The van der Waals surface area contributed by atoms with Gasteiger partial charge in [0.1, 0.15) is 6.33 Å². The molecule has 56 valence electrons. The fourth-order valence-corrected chi connectivity index (χ4v) is 1.43. The average Bonchev–Trinajstić information content (AvgIpc) is 2.34. The summed E-state index contributed by atoms with van der Waals surface area (Å²) < 4.78 is 0. The Morgan fingerprint density at radius 1 is 1.36 bits per heavy atom. The summed E-state index contributed by atoms with van der Waals surface area (Å²) in [6, 6.07) is 0. The number of aryl methyl sites for hydroxylation is 2. The number of aromatic nitrogens is 2. The Morgan fingerprint density at radius 2 is 2.18 bits per heavy atom. The van der Waals surface area contributed by atoms with E-state index in [1.54, 1.807) is 0 Å². The second-order valence-corrected chi connectivity index (χ2v) is 2.70. The summed E-state index contributed by atoms with van der Waals surface area (Å²) >= 11 is 0. The molecule has 0 saturated carbocycles. The lowest BCUT2D eigenvalue weighted by Crippen LogP contribution is -1.99. The molecule has 1 aromatic rings. The van der Waals surface area contributed by atoms with Crippen LogP contribution in [0.25, 0.3) is 0 Å². The summed E-state index contributed by atoms with van der Waals surface area (Å²) in [4.78, 5) is 19.2. The van der Waals surface area contributed by atoms with Crippen molar-refractivity contribution in [2.45, 2.75) is 19.8 Å². The van der Waals surface area contributed by atoms with Crippen LogP contribution in [0.1, 0.15) is 28.2 Å². The largest absolute Gasteiger partial charge is 0.294 e. The monoisotopic (exact) mass is 148 g/mol. The zero-order valence-corrected chi connectivity index (χ0v) is 6.29. The van der Waals surface area contributed by atoms with Crippen LogP contribution in [0.5, 0.6) is 0 Å².